The number of carbonyl (C=O) groups is 1. The third kappa shape index (κ3) is 2.23. The lowest BCUT2D eigenvalue weighted by atomic mass is 10.1. The molecule has 0 unspecified atom stereocenters. The van der Waals surface area contributed by atoms with Gasteiger partial charge in [0.05, 0.1) is 11.6 Å². The van der Waals surface area contributed by atoms with Crippen molar-refractivity contribution in [2.75, 3.05) is 5.01 Å². The minimum atomic E-state index is -0.169. The number of rotatable bonds is 2. The molecular weight excluding hydrogens is 294 g/mol. The molecule has 2 heterocycles. The third-order valence-electron chi connectivity index (χ3n) is 3.28. The highest BCUT2D eigenvalue weighted by atomic mass is 35.5. The highest BCUT2D eigenvalue weighted by Crippen LogP contribution is 2.31. The predicted molar refractivity (Wildman–Crippen MR) is 82.3 cm³/mol. The molecule has 1 aromatic heterocycles. The van der Waals surface area contributed by atoms with Gasteiger partial charge in [0.25, 0.3) is 5.91 Å². The number of amides is 1. The average Bonchev–Trinajstić information content (AvgIpc) is 3.01. The summed E-state index contributed by atoms with van der Waals surface area (Å²) in [4.78, 5) is 16.6. The largest absolute Gasteiger partial charge is 0.272 e. The Bertz CT molecular complexity index is 693. The lowest BCUT2D eigenvalue weighted by Crippen LogP contribution is -2.24. The maximum absolute atomic E-state index is 12.1. The Labute approximate surface area is 125 Å². The van der Waals surface area contributed by atoms with Crippen molar-refractivity contribution in [3.05, 3.63) is 34.7 Å². The van der Waals surface area contributed by atoms with Crippen LogP contribution in [0.2, 0.25) is 5.02 Å². The van der Waals surface area contributed by atoms with Crippen LogP contribution in [0.1, 0.15) is 13.8 Å². The number of halogens is 1. The van der Waals surface area contributed by atoms with E-state index in [0.29, 0.717) is 10.2 Å². The van der Waals surface area contributed by atoms with Gasteiger partial charge in [-0.15, -0.1) is 11.3 Å². The predicted octanol–water partition coefficient (Wildman–Crippen LogP) is 3.82. The molecule has 6 heteroatoms. The minimum Gasteiger partial charge on any atom is -0.272 e. The zero-order chi connectivity index (χ0) is 14.3. The highest BCUT2D eigenvalue weighted by molar-refractivity contribution is 7.14. The second-order valence-corrected chi connectivity index (χ2v) is 5.91. The van der Waals surface area contributed by atoms with E-state index in [1.165, 1.54) is 16.3 Å². The Morgan fingerprint density at radius 1 is 1.30 bits per heavy atom. The number of benzene rings is 1. The minimum absolute atomic E-state index is 0.0282. The summed E-state index contributed by atoms with van der Waals surface area (Å²) in [5.41, 5.74) is 2.61. The molecule has 0 spiro atoms. The van der Waals surface area contributed by atoms with Crippen LogP contribution < -0.4 is 5.01 Å². The van der Waals surface area contributed by atoms with E-state index in [9.17, 15) is 4.79 Å². The van der Waals surface area contributed by atoms with Gasteiger partial charge in [0.2, 0.25) is 5.13 Å². The molecule has 0 saturated heterocycles. The topological polar surface area (TPSA) is 45.6 Å². The standard InChI is InChI=1S/C14H12ClN3OS/c1-8-9(2)17-18(13(8)19)14-16-12(7-20-14)10-3-5-11(15)6-4-10/h3-8H,1-2H3/t8-/m0/s1. The summed E-state index contributed by atoms with van der Waals surface area (Å²) in [7, 11) is 0. The summed E-state index contributed by atoms with van der Waals surface area (Å²) in [6.07, 6.45) is 0. The molecule has 0 N–H and O–H groups in total. The highest BCUT2D eigenvalue weighted by Gasteiger charge is 2.32. The number of hydrogen-bond donors (Lipinski definition) is 0. The Morgan fingerprint density at radius 3 is 2.60 bits per heavy atom. The number of hydrogen-bond acceptors (Lipinski definition) is 4. The van der Waals surface area contributed by atoms with Gasteiger partial charge < -0.3 is 0 Å². The lowest BCUT2D eigenvalue weighted by molar-refractivity contribution is -0.119. The van der Waals surface area contributed by atoms with Gasteiger partial charge in [0, 0.05) is 21.7 Å². The van der Waals surface area contributed by atoms with Crippen LogP contribution >= 0.6 is 22.9 Å². The van der Waals surface area contributed by atoms with E-state index in [4.69, 9.17) is 11.6 Å². The van der Waals surface area contributed by atoms with Crippen LogP contribution in [0.5, 0.6) is 0 Å². The number of anilines is 1. The molecule has 2 aromatic rings. The SMILES string of the molecule is CC1=NN(c2nc(-c3ccc(Cl)cc3)cs2)C(=O)[C@H]1C. The molecule has 102 valence electrons. The third-order valence-corrected chi connectivity index (χ3v) is 4.34. The maximum Gasteiger partial charge on any atom is 0.258 e. The van der Waals surface area contributed by atoms with Gasteiger partial charge >= 0.3 is 0 Å². The van der Waals surface area contributed by atoms with Crippen LogP contribution in [0.15, 0.2) is 34.7 Å². The van der Waals surface area contributed by atoms with Crippen molar-refractivity contribution in [2.45, 2.75) is 13.8 Å². The van der Waals surface area contributed by atoms with Crippen LogP contribution in [-0.4, -0.2) is 16.6 Å². The van der Waals surface area contributed by atoms with E-state index < -0.39 is 0 Å². The van der Waals surface area contributed by atoms with Crippen molar-refractivity contribution in [2.24, 2.45) is 11.0 Å². The Hall–Kier alpha value is -1.72. The zero-order valence-electron chi connectivity index (χ0n) is 11.0. The molecule has 1 amide bonds. The first-order valence-electron chi connectivity index (χ1n) is 6.17. The van der Waals surface area contributed by atoms with Crippen LogP contribution in [-0.2, 0) is 4.79 Å². The molecule has 0 saturated carbocycles. The molecule has 20 heavy (non-hydrogen) atoms. The molecule has 1 aliphatic rings. The smallest absolute Gasteiger partial charge is 0.258 e. The fraction of sp³-hybridized carbons (Fsp3) is 0.214. The monoisotopic (exact) mass is 305 g/mol. The van der Waals surface area contributed by atoms with Gasteiger partial charge in [-0.3, -0.25) is 4.79 Å². The molecule has 1 atom stereocenters. The van der Waals surface area contributed by atoms with E-state index in [2.05, 4.69) is 10.1 Å². The van der Waals surface area contributed by atoms with Crippen molar-refractivity contribution >= 4 is 39.7 Å². The second kappa shape index (κ2) is 5.00. The first kappa shape index (κ1) is 13.3. The molecule has 0 radical (unpaired) electrons. The summed E-state index contributed by atoms with van der Waals surface area (Å²) in [6.45, 7) is 3.71. The van der Waals surface area contributed by atoms with E-state index in [1.54, 1.807) is 0 Å². The van der Waals surface area contributed by atoms with Gasteiger partial charge in [-0.1, -0.05) is 23.7 Å². The summed E-state index contributed by atoms with van der Waals surface area (Å²) < 4.78 is 0. The van der Waals surface area contributed by atoms with E-state index in [1.807, 2.05) is 43.5 Å². The Balaban J connectivity index is 1.91. The van der Waals surface area contributed by atoms with Gasteiger partial charge in [-0.05, 0) is 26.0 Å². The van der Waals surface area contributed by atoms with E-state index in [0.717, 1.165) is 17.0 Å². The Kier molecular flexibility index (Phi) is 3.31. The molecule has 3 rings (SSSR count). The number of hydrazone groups is 1. The van der Waals surface area contributed by atoms with E-state index >= 15 is 0 Å². The van der Waals surface area contributed by atoms with Crippen LogP contribution in [0.3, 0.4) is 0 Å². The van der Waals surface area contributed by atoms with Crippen LogP contribution in [0.25, 0.3) is 11.3 Å². The maximum atomic E-state index is 12.1. The van der Waals surface area contributed by atoms with Gasteiger partial charge in [-0.2, -0.15) is 10.1 Å². The second-order valence-electron chi connectivity index (χ2n) is 4.64. The summed E-state index contributed by atoms with van der Waals surface area (Å²) in [6, 6.07) is 7.46. The van der Waals surface area contributed by atoms with Crippen molar-refractivity contribution in [3.63, 3.8) is 0 Å². The first-order chi connectivity index (χ1) is 9.56. The molecule has 1 aliphatic heterocycles. The summed E-state index contributed by atoms with van der Waals surface area (Å²) in [5.74, 6) is -0.197. The first-order valence-corrected chi connectivity index (χ1v) is 7.42. The van der Waals surface area contributed by atoms with Crippen molar-refractivity contribution in [1.82, 2.24) is 4.98 Å². The summed E-state index contributed by atoms with van der Waals surface area (Å²) in [5, 5.41) is 8.87. The molecule has 1 aromatic carbocycles. The zero-order valence-corrected chi connectivity index (χ0v) is 12.6. The normalized spacial score (nSPS) is 18.6. The van der Waals surface area contributed by atoms with Crippen molar-refractivity contribution in [1.29, 1.82) is 0 Å². The average molecular weight is 306 g/mol. The fourth-order valence-electron chi connectivity index (χ4n) is 1.91. The van der Waals surface area contributed by atoms with Crippen LogP contribution in [0, 0.1) is 5.92 Å². The number of thiazole rings is 1. The quantitative estimate of drug-likeness (QED) is 0.846. The lowest BCUT2D eigenvalue weighted by Gasteiger charge is -2.07. The van der Waals surface area contributed by atoms with Gasteiger partial charge in [-0.25, -0.2) is 4.98 Å². The molecular formula is C14H12ClN3OS. The fourth-order valence-corrected chi connectivity index (χ4v) is 2.82. The van der Waals surface area contributed by atoms with Crippen molar-refractivity contribution < 1.29 is 4.79 Å². The van der Waals surface area contributed by atoms with Crippen molar-refractivity contribution in [3.8, 4) is 11.3 Å². The molecule has 0 bridgehead atoms. The number of carbonyl (C=O) groups excluding carboxylic acids is 1. The summed E-state index contributed by atoms with van der Waals surface area (Å²) >= 11 is 7.28. The Morgan fingerprint density at radius 2 is 2.00 bits per heavy atom. The van der Waals surface area contributed by atoms with E-state index in [-0.39, 0.29) is 11.8 Å². The molecule has 0 fully saturated rings. The molecule has 4 nitrogen and oxygen atoms in total. The van der Waals surface area contributed by atoms with Gasteiger partial charge in [0.15, 0.2) is 0 Å². The number of nitrogens with zero attached hydrogens (tertiary/aromatic N) is 3. The van der Waals surface area contributed by atoms with Gasteiger partial charge in [0.1, 0.15) is 0 Å². The van der Waals surface area contributed by atoms with Crippen LogP contribution in [0.4, 0.5) is 5.13 Å². The number of aromatic nitrogens is 1. The molecule has 0 aliphatic carbocycles.